The maximum atomic E-state index is 11.6. The van der Waals surface area contributed by atoms with Crippen LogP contribution in [-0.4, -0.2) is 43.2 Å². The minimum absolute atomic E-state index is 0.430. The number of aliphatic carboxylic acids is 1. The van der Waals surface area contributed by atoms with Crippen molar-refractivity contribution < 1.29 is 9.90 Å². The summed E-state index contributed by atoms with van der Waals surface area (Å²) in [5.41, 5.74) is -0.276. The molecule has 0 bridgehead atoms. The van der Waals surface area contributed by atoms with Crippen LogP contribution in [0.3, 0.4) is 0 Å². The van der Waals surface area contributed by atoms with Crippen LogP contribution in [0.1, 0.15) is 12.5 Å². The Labute approximate surface area is 102 Å². The van der Waals surface area contributed by atoms with Gasteiger partial charge in [-0.2, -0.15) is 0 Å². The molecule has 2 N–H and O–H groups in total. The summed E-state index contributed by atoms with van der Waals surface area (Å²) in [5, 5.41) is 12.5. The molecule has 1 aromatic rings. The molecule has 17 heavy (non-hydrogen) atoms. The number of carbonyl (C=O) groups is 1. The molecule has 4 nitrogen and oxygen atoms in total. The van der Waals surface area contributed by atoms with E-state index in [2.05, 4.69) is 5.32 Å². The highest BCUT2D eigenvalue weighted by Crippen LogP contribution is 2.22. The van der Waals surface area contributed by atoms with Crippen LogP contribution in [0.25, 0.3) is 0 Å². The number of carboxylic acid groups (broad SMARTS) is 1. The molecule has 0 spiro atoms. The summed E-state index contributed by atoms with van der Waals surface area (Å²) in [7, 11) is 3.60. The fourth-order valence-electron chi connectivity index (χ4n) is 1.85. The van der Waals surface area contributed by atoms with Crippen LogP contribution in [-0.2, 0) is 10.3 Å². The zero-order valence-corrected chi connectivity index (χ0v) is 10.6. The van der Waals surface area contributed by atoms with Crippen LogP contribution in [0.2, 0.25) is 0 Å². The van der Waals surface area contributed by atoms with E-state index in [1.165, 1.54) is 0 Å². The molecule has 0 aliphatic heterocycles. The number of nitrogens with zero attached hydrogens (tertiary/aromatic N) is 1. The van der Waals surface area contributed by atoms with Crippen molar-refractivity contribution in [2.75, 3.05) is 27.2 Å². The minimum atomic E-state index is -1.05. The van der Waals surface area contributed by atoms with Crippen molar-refractivity contribution in [3.63, 3.8) is 0 Å². The largest absolute Gasteiger partial charge is 0.480 e. The SMILES string of the molecule is CCN(C)CC(NC)(C(=O)O)c1ccccc1. The molecule has 0 saturated carbocycles. The van der Waals surface area contributed by atoms with Crippen molar-refractivity contribution in [1.29, 1.82) is 0 Å². The Kier molecular flexibility index (Phi) is 4.66. The monoisotopic (exact) mass is 236 g/mol. The predicted molar refractivity (Wildman–Crippen MR) is 68.0 cm³/mol. The molecule has 1 atom stereocenters. The van der Waals surface area contributed by atoms with E-state index in [4.69, 9.17) is 0 Å². The first kappa shape index (κ1) is 13.7. The van der Waals surface area contributed by atoms with Gasteiger partial charge in [0.1, 0.15) is 0 Å². The first-order valence-electron chi connectivity index (χ1n) is 5.73. The third-order valence-corrected chi connectivity index (χ3v) is 3.11. The first-order chi connectivity index (χ1) is 8.06. The van der Waals surface area contributed by atoms with Gasteiger partial charge in [-0.3, -0.25) is 0 Å². The number of carboxylic acids is 1. The van der Waals surface area contributed by atoms with E-state index >= 15 is 0 Å². The van der Waals surface area contributed by atoms with Gasteiger partial charge in [-0.15, -0.1) is 0 Å². The number of hydrogen-bond donors (Lipinski definition) is 2. The second kappa shape index (κ2) is 5.80. The molecular weight excluding hydrogens is 216 g/mol. The normalized spacial score (nSPS) is 14.6. The second-order valence-corrected chi connectivity index (χ2v) is 4.16. The number of likely N-dealkylation sites (N-methyl/N-ethyl adjacent to an activating group) is 2. The predicted octanol–water partition coefficient (Wildman–Crippen LogP) is 1.14. The molecule has 4 heteroatoms. The molecule has 0 heterocycles. The van der Waals surface area contributed by atoms with E-state index < -0.39 is 11.5 Å². The van der Waals surface area contributed by atoms with Crippen molar-refractivity contribution in [2.24, 2.45) is 0 Å². The summed E-state index contributed by atoms with van der Waals surface area (Å²) in [4.78, 5) is 13.6. The number of rotatable bonds is 6. The van der Waals surface area contributed by atoms with Gasteiger partial charge in [-0.25, -0.2) is 4.79 Å². The van der Waals surface area contributed by atoms with Crippen LogP contribution in [0.15, 0.2) is 30.3 Å². The van der Waals surface area contributed by atoms with Gasteiger partial charge in [0.25, 0.3) is 0 Å². The van der Waals surface area contributed by atoms with Gasteiger partial charge in [0.2, 0.25) is 0 Å². The Morgan fingerprint density at radius 1 is 1.41 bits per heavy atom. The quantitative estimate of drug-likeness (QED) is 0.777. The van der Waals surface area contributed by atoms with Crippen LogP contribution in [0.4, 0.5) is 0 Å². The van der Waals surface area contributed by atoms with Gasteiger partial charge in [0, 0.05) is 6.54 Å². The molecule has 94 valence electrons. The molecule has 1 unspecified atom stereocenters. The molecule has 0 amide bonds. The lowest BCUT2D eigenvalue weighted by Gasteiger charge is -2.33. The molecule has 1 aromatic carbocycles. The lowest BCUT2D eigenvalue weighted by Crippen LogP contribution is -2.54. The number of benzene rings is 1. The van der Waals surface area contributed by atoms with Crippen LogP contribution >= 0.6 is 0 Å². The Morgan fingerprint density at radius 3 is 2.41 bits per heavy atom. The molecule has 0 saturated heterocycles. The summed E-state index contributed by atoms with van der Waals surface area (Å²) < 4.78 is 0. The van der Waals surface area contributed by atoms with E-state index in [0.29, 0.717) is 6.54 Å². The molecule has 0 aliphatic carbocycles. The molecule has 1 rings (SSSR count). The van der Waals surface area contributed by atoms with Gasteiger partial charge in [0.15, 0.2) is 5.54 Å². The van der Waals surface area contributed by atoms with Gasteiger partial charge >= 0.3 is 5.97 Å². The molecule has 0 radical (unpaired) electrons. The standard InChI is InChI=1S/C13H20N2O2/c1-4-15(3)10-13(14-2,12(16)17)11-8-6-5-7-9-11/h5-9,14H,4,10H2,1-3H3,(H,16,17). The van der Waals surface area contributed by atoms with E-state index in [9.17, 15) is 9.90 Å². The Morgan fingerprint density at radius 2 is 2.00 bits per heavy atom. The third kappa shape index (κ3) is 2.84. The van der Waals surface area contributed by atoms with Crippen molar-refractivity contribution >= 4 is 5.97 Å². The lowest BCUT2D eigenvalue weighted by atomic mass is 9.89. The lowest BCUT2D eigenvalue weighted by molar-refractivity contribution is -0.146. The molecular formula is C13H20N2O2. The third-order valence-electron chi connectivity index (χ3n) is 3.11. The van der Waals surface area contributed by atoms with Crippen LogP contribution < -0.4 is 5.32 Å². The highest BCUT2D eigenvalue weighted by molar-refractivity contribution is 5.81. The Hall–Kier alpha value is -1.39. The maximum Gasteiger partial charge on any atom is 0.329 e. The van der Waals surface area contributed by atoms with E-state index in [1.807, 2.05) is 49.2 Å². The summed E-state index contributed by atoms with van der Waals surface area (Å²) >= 11 is 0. The molecule has 0 fully saturated rings. The number of nitrogens with one attached hydrogen (secondary N) is 1. The van der Waals surface area contributed by atoms with Gasteiger partial charge < -0.3 is 15.3 Å². The van der Waals surface area contributed by atoms with Crippen LogP contribution in [0, 0.1) is 0 Å². The zero-order valence-electron chi connectivity index (χ0n) is 10.6. The molecule has 0 aliphatic rings. The highest BCUT2D eigenvalue weighted by Gasteiger charge is 2.39. The van der Waals surface area contributed by atoms with Crippen LogP contribution in [0.5, 0.6) is 0 Å². The number of hydrogen-bond acceptors (Lipinski definition) is 3. The highest BCUT2D eigenvalue weighted by atomic mass is 16.4. The summed E-state index contributed by atoms with van der Waals surface area (Å²) in [6, 6.07) is 9.28. The fraction of sp³-hybridized carbons (Fsp3) is 0.462. The zero-order chi connectivity index (χ0) is 12.9. The van der Waals surface area contributed by atoms with E-state index in [0.717, 1.165) is 12.1 Å². The van der Waals surface area contributed by atoms with E-state index in [1.54, 1.807) is 7.05 Å². The van der Waals surface area contributed by atoms with Gasteiger partial charge in [-0.1, -0.05) is 37.3 Å². The van der Waals surface area contributed by atoms with Crippen molar-refractivity contribution in [3.8, 4) is 0 Å². The van der Waals surface area contributed by atoms with Gasteiger partial charge in [0.05, 0.1) is 0 Å². The second-order valence-electron chi connectivity index (χ2n) is 4.16. The average Bonchev–Trinajstić information content (AvgIpc) is 2.36. The topological polar surface area (TPSA) is 52.6 Å². The van der Waals surface area contributed by atoms with Gasteiger partial charge in [-0.05, 0) is 26.2 Å². The average molecular weight is 236 g/mol. The minimum Gasteiger partial charge on any atom is -0.480 e. The maximum absolute atomic E-state index is 11.6. The summed E-state index contributed by atoms with van der Waals surface area (Å²) in [5.74, 6) is -0.855. The van der Waals surface area contributed by atoms with E-state index in [-0.39, 0.29) is 0 Å². The summed E-state index contributed by atoms with van der Waals surface area (Å²) in [6.45, 7) is 3.25. The van der Waals surface area contributed by atoms with Crippen molar-refractivity contribution in [2.45, 2.75) is 12.5 Å². The Bertz CT molecular complexity index is 367. The summed E-state index contributed by atoms with van der Waals surface area (Å²) in [6.07, 6.45) is 0. The van der Waals surface area contributed by atoms with Crippen molar-refractivity contribution in [3.05, 3.63) is 35.9 Å². The fourth-order valence-corrected chi connectivity index (χ4v) is 1.85. The molecule has 0 aromatic heterocycles. The van der Waals surface area contributed by atoms with Crippen molar-refractivity contribution in [1.82, 2.24) is 10.2 Å². The smallest absolute Gasteiger partial charge is 0.329 e. The first-order valence-corrected chi connectivity index (χ1v) is 5.73. The Balaban J connectivity index is 3.14.